The summed E-state index contributed by atoms with van der Waals surface area (Å²) in [5, 5.41) is 0. The van der Waals surface area contributed by atoms with Crippen LogP contribution in [0.3, 0.4) is 0 Å². The Morgan fingerprint density at radius 1 is 0.706 bits per heavy atom. The summed E-state index contributed by atoms with van der Waals surface area (Å²) in [6.07, 6.45) is 12.3. The summed E-state index contributed by atoms with van der Waals surface area (Å²) in [5.41, 5.74) is 0. The molecule has 0 aromatic heterocycles. The molecule has 0 fully saturated rings. The maximum absolute atomic E-state index is 3.83. The van der Waals surface area contributed by atoms with Crippen LogP contribution in [0.2, 0.25) is 0 Å². The molecule has 0 N–H and O–H groups in total. The SMILES string of the molecule is C=CCN(CC=C)S(C)(C)N(CC=C)CC=C. The summed E-state index contributed by atoms with van der Waals surface area (Å²) < 4.78 is 4.81. The lowest BCUT2D eigenvalue weighted by molar-refractivity contribution is 0.480. The number of nitrogens with zero attached hydrogens (tertiary/aromatic N) is 2. The minimum Gasteiger partial charge on any atom is -0.249 e. The van der Waals surface area contributed by atoms with Crippen molar-refractivity contribution in [3.05, 3.63) is 50.6 Å². The molecule has 0 aliphatic heterocycles. The molecule has 0 bridgehead atoms. The summed E-state index contributed by atoms with van der Waals surface area (Å²) in [7, 11) is -1.03. The Kier molecular flexibility index (Phi) is 7.96. The molecule has 0 unspecified atom stereocenters. The molecule has 0 aromatic carbocycles. The van der Waals surface area contributed by atoms with Gasteiger partial charge in [-0.3, -0.25) is 0 Å². The van der Waals surface area contributed by atoms with E-state index >= 15 is 0 Å². The Morgan fingerprint density at radius 3 is 1.12 bits per heavy atom. The Hall–Kier alpha value is -0.770. The lowest BCUT2D eigenvalue weighted by Gasteiger charge is -2.50. The average molecular weight is 254 g/mol. The zero-order chi connectivity index (χ0) is 13.3. The molecule has 0 atom stereocenters. The van der Waals surface area contributed by atoms with Gasteiger partial charge in [0.15, 0.2) is 0 Å². The monoisotopic (exact) mass is 254 g/mol. The molecule has 0 aliphatic rings. The van der Waals surface area contributed by atoms with Crippen LogP contribution in [0.15, 0.2) is 50.6 Å². The zero-order valence-electron chi connectivity index (χ0n) is 11.3. The molecule has 0 aliphatic carbocycles. The largest absolute Gasteiger partial charge is 0.249 e. The van der Waals surface area contributed by atoms with E-state index in [4.69, 9.17) is 0 Å². The third-order valence-electron chi connectivity index (χ3n) is 2.59. The van der Waals surface area contributed by atoms with Gasteiger partial charge in [0.25, 0.3) is 0 Å². The van der Waals surface area contributed by atoms with Gasteiger partial charge >= 0.3 is 0 Å². The summed E-state index contributed by atoms with van der Waals surface area (Å²) >= 11 is 0. The zero-order valence-corrected chi connectivity index (χ0v) is 12.1. The molecule has 0 aromatic rings. The second-order valence-corrected chi connectivity index (χ2v) is 7.54. The maximum Gasteiger partial charge on any atom is 0.0267 e. The normalized spacial score (nSPS) is 12.5. The molecule has 17 heavy (non-hydrogen) atoms. The average Bonchev–Trinajstić information content (AvgIpc) is 2.28. The van der Waals surface area contributed by atoms with Crippen molar-refractivity contribution in [3.63, 3.8) is 0 Å². The van der Waals surface area contributed by atoms with Crippen LogP contribution >= 0.6 is 10.4 Å². The highest BCUT2D eigenvalue weighted by Gasteiger charge is 2.25. The van der Waals surface area contributed by atoms with Crippen LogP contribution in [-0.4, -0.2) is 47.3 Å². The van der Waals surface area contributed by atoms with Gasteiger partial charge in [-0.2, -0.15) is 0 Å². The van der Waals surface area contributed by atoms with Crippen molar-refractivity contribution in [1.82, 2.24) is 8.61 Å². The van der Waals surface area contributed by atoms with Crippen LogP contribution in [0, 0.1) is 0 Å². The lowest BCUT2D eigenvalue weighted by Crippen LogP contribution is -2.39. The van der Waals surface area contributed by atoms with Crippen molar-refractivity contribution in [2.24, 2.45) is 0 Å². The number of hydrogen-bond acceptors (Lipinski definition) is 2. The Labute approximate surface area is 109 Å². The van der Waals surface area contributed by atoms with E-state index < -0.39 is 10.4 Å². The van der Waals surface area contributed by atoms with E-state index in [1.807, 2.05) is 24.3 Å². The van der Waals surface area contributed by atoms with E-state index in [1.165, 1.54) is 0 Å². The second kappa shape index (κ2) is 8.34. The van der Waals surface area contributed by atoms with Crippen molar-refractivity contribution < 1.29 is 0 Å². The first kappa shape index (κ1) is 16.2. The maximum atomic E-state index is 3.83. The molecular formula is C14H26N2S. The predicted octanol–water partition coefficient (Wildman–Crippen LogP) is 3.23. The number of hydrogen-bond donors (Lipinski definition) is 0. The number of rotatable bonds is 10. The first-order valence-corrected chi connectivity index (χ1v) is 8.08. The smallest absolute Gasteiger partial charge is 0.0267 e. The van der Waals surface area contributed by atoms with Crippen LogP contribution in [0.4, 0.5) is 0 Å². The molecule has 0 saturated heterocycles. The molecule has 0 rings (SSSR count). The fourth-order valence-corrected chi connectivity index (χ4v) is 3.83. The molecule has 0 spiro atoms. The van der Waals surface area contributed by atoms with Crippen LogP contribution in [0.5, 0.6) is 0 Å². The second-order valence-electron chi connectivity index (χ2n) is 4.07. The predicted molar refractivity (Wildman–Crippen MR) is 83.4 cm³/mol. The van der Waals surface area contributed by atoms with E-state index in [-0.39, 0.29) is 0 Å². The van der Waals surface area contributed by atoms with Crippen LogP contribution in [0.25, 0.3) is 0 Å². The highest BCUT2D eigenvalue weighted by atomic mass is 32.3. The molecule has 0 radical (unpaired) electrons. The molecule has 0 amide bonds. The fraction of sp³-hybridized carbons (Fsp3) is 0.429. The molecule has 2 nitrogen and oxygen atoms in total. The third-order valence-corrected chi connectivity index (χ3v) is 5.72. The highest BCUT2D eigenvalue weighted by Crippen LogP contribution is 2.47. The van der Waals surface area contributed by atoms with E-state index in [0.717, 1.165) is 26.2 Å². The molecular weight excluding hydrogens is 228 g/mol. The van der Waals surface area contributed by atoms with Crippen molar-refractivity contribution >= 4 is 10.4 Å². The van der Waals surface area contributed by atoms with Crippen molar-refractivity contribution in [3.8, 4) is 0 Å². The van der Waals surface area contributed by atoms with Crippen LogP contribution in [0.1, 0.15) is 0 Å². The summed E-state index contributed by atoms with van der Waals surface area (Å²) in [5.74, 6) is 0. The molecule has 0 heterocycles. The highest BCUT2D eigenvalue weighted by molar-refractivity contribution is 8.28. The summed E-state index contributed by atoms with van der Waals surface area (Å²) in [6.45, 7) is 18.8. The fourth-order valence-electron chi connectivity index (χ4n) is 1.62. The summed E-state index contributed by atoms with van der Waals surface area (Å²) in [4.78, 5) is 0. The Morgan fingerprint density at radius 2 is 0.941 bits per heavy atom. The van der Waals surface area contributed by atoms with Crippen molar-refractivity contribution in [1.29, 1.82) is 0 Å². The van der Waals surface area contributed by atoms with E-state index in [0.29, 0.717) is 0 Å². The molecule has 3 heteroatoms. The van der Waals surface area contributed by atoms with Crippen molar-refractivity contribution in [2.75, 3.05) is 38.7 Å². The minimum atomic E-state index is -1.03. The topological polar surface area (TPSA) is 6.48 Å². The van der Waals surface area contributed by atoms with Gasteiger partial charge in [-0.05, 0) is 12.5 Å². The van der Waals surface area contributed by atoms with Gasteiger partial charge in [0.2, 0.25) is 0 Å². The Bertz CT molecular complexity index is 225. The minimum absolute atomic E-state index is 0.874. The standard InChI is InChI=1S/C14H26N2S/c1-7-11-15(12-8-2)17(5,6)16(13-9-3)14-10-4/h7-10H,1-4,11-14H2,5-6H3. The van der Waals surface area contributed by atoms with Crippen LogP contribution in [-0.2, 0) is 0 Å². The lowest BCUT2D eigenvalue weighted by atomic mass is 10.5. The summed E-state index contributed by atoms with van der Waals surface area (Å²) in [6, 6.07) is 0. The first-order valence-electron chi connectivity index (χ1n) is 5.71. The van der Waals surface area contributed by atoms with Gasteiger partial charge in [-0.25, -0.2) is 8.61 Å². The molecule has 98 valence electrons. The van der Waals surface area contributed by atoms with Gasteiger partial charge in [-0.15, -0.1) is 36.7 Å². The van der Waals surface area contributed by atoms with Crippen LogP contribution < -0.4 is 0 Å². The van der Waals surface area contributed by atoms with Crippen molar-refractivity contribution in [2.45, 2.75) is 0 Å². The third kappa shape index (κ3) is 4.94. The first-order chi connectivity index (χ1) is 8.04. The van der Waals surface area contributed by atoms with Gasteiger partial charge in [0.05, 0.1) is 0 Å². The molecule has 0 saturated carbocycles. The van der Waals surface area contributed by atoms with Gasteiger partial charge < -0.3 is 0 Å². The van der Waals surface area contributed by atoms with Gasteiger partial charge in [0.1, 0.15) is 0 Å². The van der Waals surface area contributed by atoms with E-state index in [9.17, 15) is 0 Å². The van der Waals surface area contributed by atoms with E-state index in [2.05, 4.69) is 47.4 Å². The van der Waals surface area contributed by atoms with Gasteiger partial charge in [-0.1, -0.05) is 24.3 Å². The quantitative estimate of drug-likeness (QED) is 0.552. The van der Waals surface area contributed by atoms with Gasteiger partial charge in [0, 0.05) is 26.2 Å². The van der Waals surface area contributed by atoms with E-state index in [1.54, 1.807) is 0 Å². The Balaban J connectivity index is 4.94.